The number of carbonyl (C=O) groups is 1. The Morgan fingerprint density at radius 2 is 1.90 bits per heavy atom. The molecule has 0 aliphatic carbocycles. The number of benzene rings is 2. The second kappa shape index (κ2) is 5.35. The number of rotatable bonds is 2. The van der Waals surface area contributed by atoms with Gasteiger partial charge >= 0.3 is 0 Å². The zero-order valence-corrected chi connectivity index (χ0v) is 12.4. The Balaban J connectivity index is 2.03. The Labute approximate surface area is 126 Å². The van der Waals surface area contributed by atoms with Gasteiger partial charge in [0, 0.05) is 26.7 Å². The van der Waals surface area contributed by atoms with E-state index in [-0.39, 0.29) is 5.91 Å². The van der Waals surface area contributed by atoms with Crippen LogP contribution in [0.4, 0.5) is 5.69 Å². The van der Waals surface area contributed by atoms with Crippen LogP contribution in [0.2, 0.25) is 5.02 Å². The van der Waals surface area contributed by atoms with Gasteiger partial charge in [-0.05, 0) is 48.2 Å². The molecule has 100 valence electrons. The third kappa shape index (κ3) is 2.47. The second-order valence-corrected chi connectivity index (χ2v) is 5.79. The molecule has 0 aromatic heterocycles. The number of carbonyl (C=O) groups excluding carboxylic acids is 1. The Kier molecular flexibility index (Phi) is 3.55. The number of hydrogen-bond donors (Lipinski definition) is 1. The third-order valence-electron chi connectivity index (χ3n) is 3.19. The van der Waals surface area contributed by atoms with Crippen LogP contribution >= 0.6 is 23.4 Å². The molecule has 3 rings (SSSR count). The summed E-state index contributed by atoms with van der Waals surface area (Å²) in [5.74, 6) is -0.0868. The average molecular weight is 302 g/mol. The van der Waals surface area contributed by atoms with E-state index in [1.807, 2.05) is 48.7 Å². The highest BCUT2D eigenvalue weighted by Gasteiger charge is 2.23. The number of thioether (sulfide) groups is 1. The summed E-state index contributed by atoms with van der Waals surface area (Å²) < 4.78 is 0. The molecule has 1 heterocycles. The Hall–Kier alpha value is -1.71. The van der Waals surface area contributed by atoms with Crippen LogP contribution in [0.15, 0.2) is 47.4 Å². The lowest BCUT2D eigenvalue weighted by molar-refractivity contribution is -0.110. The van der Waals surface area contributed by atoms with E-state index in [0.717, 1.165) is 16.8 Å². The van der Waals surface area contributed by atoms with Gasteiger partial charge in [0.15, 0.2) is 0 Å². The minimum absolute atomic E-state index is 0.0868. The summed E-state index contributed by atoms with van der Waals surface area (Å²) >= 11 is 7.70. The number of nitrogens with one attached hydrogen (secondary N) is 1. The molecule has 0 atom stereocenters. The third-order valence-corrected chi connectivity index (χ3v) is 4.17. The Bertz CT molecular complexity index is 707. The van der Waals surface area contributed by atoms with E-state index in [1.165, 1.54) is 4.90 Å². The molecule has 0 saturated carbocycles. The van der Waals surface area contributed by atoms with Gasteiger partial charge in [-0.3, -0.25) is 4.79 Å². The van der Waals surface area contributed by atoms with Gasteiger partial charge in [0.1, 0.15) is 0 Å². The summed E-state index contributed by atoms with van der Waals surface area (Å²) in [6, 6.07) is 13.5. The molecular weight excluding hydrogens is 290 g/mol. The minimum Gasteiger partial charge on any atom is -0.321 e. The highest BCUT2D eigenvalue weighted by Crippen LogP contribution is 2.35. The molecule has 0 spiro atoms. The lowest BCUT2D eigenvalue weighted by Gasteiger charge is -2.01. The fourth-order valence-electron chi connectivity index (χ4n) is 2.17. The summed E-state index contributed by atoms with van der Waals surface area (Å²) in [5, 5.41) is 3.48. The average Bonchev–Trinajstić information content (AvgIpc) is 2.76. The van der Waals surface area contributed by atoms with E-state index in [4.69, 9.17) is 11.6 Å². The molecule has 1 aliphatic heterocycles. The molecule has 0 unspecified atom stereocenters. The number of halogens is 1. The molecule has 1 aliphatic rings. The first-order chi connectivity index (χ1) is 9.67. The van der Waals surface area contributed by atoms with Crippen molar-refractivity contribution < 1.29 is 4.79 Å². The predicted octanol–water partition coefficient (Wildman–Crippen LogP) is 4.55. The van der Waals surface area contributed by atoms with Crippen LogP contribution in [0, 0.1) is 0 Å². The minimum atomic E-state index is -0.0868. The zero-order valence-electron chi connectivity index (χ0n) is 10.8. The summed E-state index contributed by atoms with van der Waals surface area (Å²) in [7, 11) is 0. The maximum Gasteiger partial charge on any atom is 0.256 e. The van der Waals surface area contributed by atoms with Crippen molar-refractivity contribution in [3.05, 3.63) is 58.6 Å². The van der Waals surface area contributed by atoms with Crippen molar-refractivity contribution in [1.29, 1.82) is 0 Å². The maximum absolute atomic E-state index is 12.0. The highest BCUT2D eigenvalue weighted by atomic mass is 35.5. The Morgan fingerprint density at radius 1 is 1.15 bits per heavy atom. The van der Waals surface area contributed by atoms with Gasteiger partial charge in [0.25, 0.3) is 5.91 Å². The van der Waals surface area contributed by atoms with Gasteiger partial charge in [-0.25, -0.2) is 0 Å². The SMILES string of the molecule is CSc1ccc(/C=C2\C(=O)Nc3ccc(Cl)cc32)cc1. The monoisotopic (exact) mass is 301 g/mol. The van der Waals surface area contributed by atoms with Gasteiger partial charge in [-0.2, -0.15) is 0 Å². The van der Waals surface area contributed by atoms with Gasteiger partial charge in [-0.1, -0.05) is 23.7 Å². The van der Waals surface area contributed by atoms with Crippen molar-refractivity contribution in [3.63, 3.8) is 0 Å². The molecule has 0 saturated heterocycles. The molecule has 2 aromatic carbocycles. The van der Waals surface area contributed by atoms with E-state index in [0.29, 0.717) is 10.6 Å². The van der Waals surface area contributed by atoms with Gasteiger partial charge < -0.3 is 5.32 Å². The van der Waals surface area contributed by atoms with Crippen LogP contribution in [0.25, 0.3) is 11.6 Å². The molecule has 2 aromatic rings. The molecule has 0 radical (unpaired) electrons. The van der Waals surface area contributed by atoms with Crippen molar-refractivity contribution in [2.45, 2.75) is 4.90 Å². The van der Waals surface area contributed by atoms with Crippen LogP contribution in [0.3, 0.4) is 0 Å². The van der Waals surface area contributed by atoms with Crippen molar-refractivity contribution >= 4 is 46.6 Å². The van der Waals surface area contributed by atoms with E-state index in [9.17, 15) is 4.79 Å². The summed E-state index contributed by atoms with van der Waals surface area (Å²) in [6.07, 6.45) is 3.93. The first kappa shape index (κ1) is 13.3. The summed E-state index contributed by atoms with van der Waals surface area (Å²) in [4.78, 5) is 13.2. The van der Waals surface area contributed by atoms with E-state index in [1.54, 1.807) is 17.8 Å². The predicted molar refractivity (Wildman–Crippen MR) is 86.2 cm³/mol. The topological polar surface area (TPSA) is 29.1 Å². The van der Waals surface area contributed by atoms with Crippen LogP contribution in [-0.2, 0) is 4.79 Å². The van der Waals surface area contributed by atoms with Crippen LogP contribution in [0.5, 0.6) is 0 Å². The van der Waals surface area contributed by atoms with Gasteiger partial charge in [-0.15, -0.1) is 11.8 Å². The van der Waals surface area contributed by atoms with Crippen molar-refractivity contribution in [2.75, 3.05) is 11.6 Å². The summed E-state index contributed by atoms with van der Waals surface area (Å²) in [5.41, 5.74) is 3.32. The van der Waals surface area contributed by atoms with E-state index >= 15 is 0 Å². The number of hydrogen-bond acceptors (Lipinski definition) is 2. The fourth-order valence-corrected chi connectivity index (χ4v) is 2.75. The molecule has 2 nitrogen and oxygen atoms in total. The van der Waals surface area contributed by atoms with Crippen LogP contribution in [-0.4, -0.2) is 12.2 Å². The quantitative estimate of drug-likeness (QED) is 0.651. The lowest BCUT2D eigenvalue weighted by atomic mass is 10.0. The molecule has 20 heavy (non-hydrogen) atoms. The molecular formula is C16H12ClNOS. The van der Waals surface area contributed by atoms with Crippen LogP contribution in [0.1, 0.15) is 11.1 Å². The molecule has 0 bridgehead atoms. The van der Waals surface area contributed by atoms with Crippen molar-refractivity contribution in [3.8, 4) is 0 Å². The first-order valence-electron chi connectivity index (χ1n) is 6.14. The van der Waals surface area contributed by atoms with E-state index in [2.05, 4.69) is 5.32 Å². The lowest BCUT2D eigenvalue weighted by Crippen LogP contribution is -2.03. The smallest absolute Gasteiger partial charge is 0.256 e. The highest BCUT2D eigenvalue weighted by molar-refractivity contribution is 7.98. The Morgan fingerprint density at radius 3 is 2.60 bits per heavy atom. The molecule has 0 fully saturated rings. The normalized spacial score (nSPS) is 15.3. The van der Waals surface area contributed by atoms with Gasteiger partial charge in [0.2, 0.25) is 0 Å². The maximum atomic E-state index is 12.0. The molecule has 1 N–H and O–H groups in total. The summed E-state index contributed by atoms with van der Waals surface area (Å²) in [6.45, 7) is 0. The zero-order chi connectivity index (χ0) is 14.1. The fraction of sp³-hybridized carbons (Fsp3) is 0.0625. The van der Waals surface area contributed by atoms with Crippen LogP contribution < -0.4 is 5.32 Å². The van der Waals surface area contributed by atoms with Gasteiger partial charge in [0.05, 0.1) is 0 Å². The molecule has 4 heteroatoms. The number of amides is 1. The standard InChI is InChI=1S/C16H12ClNOS/c1-20-12-5-2-10(3-6-12)8-14-13-9-11(17)4-7-15(13)18-16(14)19/h2-9H,1H3,(H,18,19)/b14-8-. The second-order valence-electron chi connectivity index (χ2n) is 4.48. The molecule has 1 amide bonds. The first-order valence-corrected chi connectivity index (χ1v) is 7.74. The number of fused-ring (bicyclic) bond motifs is 1. The van der Waals surface area contributed by atoms with Crippen molar-refractivity contribution in [1.82, 2.24) is 0 Å². The van der Waals surface area contributed by atoms with Crippen molar-refractivity contribution in [2.24, 2.45) is 0 Å². The van der Waals surface area contributed by atoms with E-state index < -0.39 is 0 Å². The largest absolute Gasteiger partial charge is 0.321 e. The number of anilines is 1.